The van der Waals surface area contributed by atoms with Gasteiger partial charge in [0, 0.05) is 32.6 Å². The van der Waals surface area contributed by atoms with Crippen molar-refractivity contribution < 1.29 is 4.74 Å². The normalized spacial score (nSPS) is 17.4. The lowest BCUT2D eigenvalue weighted by Gasteiger charge is -2.14. The maximum absolute atomic E-state index is 5.01. The van der Waals surface area contributed by atoms with Gasteiger partial charge in [0.15, 0.2) is 0 Å². The number of methoxy groups -OCH3 is 1. The Kier molecular flexibility index (Phi) is 3.83. The second-order valence-electron chi connectivity index (χ2n) is 4.64. The highest BCUT2D eigenvalue weighted by molar-refractivity contribution is 5.25. The van der Waals surface area contributed by atoms with Crippen LogP contribution in [0.5, 0.6) is 0 Å². The standard InChI is InChI=1S/C12H21N3O/c1-10(11-3-4-11)9-15-7-5-13-12(15)14-6-8-16-2/h5,7,10-11H,3-4,6,8-9H2,1-2H3,(H,13,14). The summed E-state index contributed by atoms with van der Waals surface area (Å²) in [7, 11) is 1.71. The minimum Gasteiger partial charge on any atom is -0.383 e. The van der Waals surface area contributed by atoms with E-state index in [2.05, 4.69) is 21.8 Å². The first-order valence-corrected chi connectivity index (χ1v) is 6.05. The molecule has 1 aliphatic rings. The number of anilines is 1. The Hall–Kier alpha value is -1.03. The number of rotatable bonds is 7. The first-order valence-electron chi connectivity index (χ1n) is 6.05. The average molecular weight is 223 g/mol. The molecule has 0 aliphatic heterocycles. The van der Waals surface area contributed by atoms with E-state index in [4.69, 9.17) is 4.74 Å². The van der Waals surface area contributed by atoms with Gasteiger partial charge in [-0.15, -0.1) is 0 Å². The molecule has 90 valence electrons. The number of imidazole rings is 1. The summed E-state index contributed by atoms with van der Waals surface area (Å²) >= 11 is 0. The van der Waals surface area contributed by atoms with Crippen LogP contribution in [0.15, 0.2) is 12.4 Å². The van der Waals surface area contributed by atoms with Crippen molar-refractivity contribution in [3.63, 3.8) is 0 Å². The number of hydrogen-bond donors (Lipinski definition) is 1. The maximum atomic E-state index is 5.01. The van der Waals surface area contributed by atoms with Crippen LogP contribution in [0, 0.1) is 11.8 Å². The number of hydrogen-bond acceptors (Lipinski definition) is 3. The van der Waals surface area contributed by atoms with E-state index < -0.39 is 0 Å². The monoisotopic (exact) mass is 223 g/mol. The lowest BCUT2D eigenvalue weighted by atomic mass is 10.1. The van der Waals surface area contributed by atoms with Gasteiger partial charge in [-0.1, -0.05) is 6.92 Å². The summed E-state index contributed by atoms with van der Waals surface area (Å²) in [6.45, 7) is 4.92. The van der Waals surface area contributed by atoms with Gasteiger partial charge < -0.3 is 14.6 Å². The summed E-state index contributed by atoms with van der Waals surface area (Å²) in [6.07, 6.45) is 6.72. The fourth-order valence-corrected chi connectivity index (χ4v) is 2.01. The SMILES string of the molecule is COCCNc1nccn1CC(C)C1CC1. The molecule has 4 heteroatoms. The summed E-state index contributed by atoms with van der Waals surface area (Å²) in [5.41, 5.74) is 0. The highest BCUT2D eigenvalue weighted by atomic mass is 16.5. The predicted molar refractivity (Wildman–Crippen MR) is 64.5 cm³/mol. The third-order valence-electron chi connectivity index (χ3n) is 3.22. The quantitative estimate of drug-likeness (QED) is 0.718. The summed E-state index contributed by atoms with van der Waals surface area (Å²) in [6, 6.07) is 0. The van der Waals surface area contributed by atoms with E-state index in [1.807, 2.05) is 12.4 Å². The van der Waals surface area contributed by atoms with Crippen molar-refractivity contribution in [1.82, 2.24) is 9.55 Å². The Balaban J connectivity index is 1.85. The van der Waals surface area contributed by atoms with E-state index in [0.29, 0.717) is 6.61 Å². The van der Waals surface area contributed by atoms with Crippen molar-refractivity contribution in [2.24, 2.45) is 11.8 Å². The first-order chi connectivity index (χ1) is 7.81. The highest BCUT2D eigenvalue weighted by Gasteiger charge is 2.28. The third-order valence-corrected chi connectivity index (χ3v) is 3.22. The van der Waals surface area contributed by atoms with Gasteiger partial charge in [0.05, 0.1) is 6.61 Å². The highest BCUT2D eigenvalue weighted by Crippen LogP contribution is 2.37. The van der Waals surface area contributed by atoms with E-state index in [-0.39, 0.29) is 0 Å². The van der Waals surface area contributed by atoms with Gasteiger partial charge in [-0.3, -0.25) is 0 Å². The van der Waals surface area contributed by atoms with Crippen LogP contribution >= 0.6 is 0 Å². The van der Waals surface area contributed by atoms with Crippen LogP contribution in [0.25, 0.3) is 0 Å². The predicted octanol–water partition coefficient (Wildman–Crippen LogP) is 1.99. The molecule has 1 fully saturated rings. The minimum absolute atomic E-state index is 0.713. The fraction of sp³-hybridized carbons (Fsp3) is 0.750. The van der Waals surface area contributed by atoms with E-state index in [1.54, 1.807) is 7.11 Å². The molecule has 4 nitrogen and oxygen atoms in total. The zero-order valence-corrected chi connectivity index (χ0v) is 10.1. The fourth-order valence-electron chi connectivity index (χ4n) is 2.01. The molecule has 1 unspecified atom stereocenters. The number of aromatic nitrogens is 2. The summed E-state index contributed by atoms with van der Waals surface area (Å²) in [5, 5.41) is 3.29. The molecule has 0 aromatic carbocycles. The Labute approximate surface area is 97.0 Å². The molecule has 1 aliphatic carbocycles. The zero-order chi connectivity index (χ0) is 11.4. The van der Waals surface area contributed by atoms with Crippen molar-refractivity contribution in [2.75, 3.05) is 25.6 Å². The molecule has 1 aromatic heterocycles. The first kappa shape index (κ1) is 11.5. The molecule has 0 bridgehead atoms. The number of nitrogens with zero attached hydrogens (tertiary/aromatic N) is 2. The second-order valence-corrected chi connectivity index (χ2v) is 4.64. The van der Waals surface area contributed by atoms with Crippen molar-refractivity contribution in [3.05, 3.63) is 12.4 Å². The maximum Gasteiger partial charge on any atom is 0.202 e. The molecule has 16 heavy (non-hydrogen) atoms. The van der Waals surface area contributed by atoms with Crippen LogP contribution in [0.4, 0.5) is 5.95 Å². The average Bonchev–Trinajstić information content (AvgIpc) is 3.04. The Morgan fingerprint density at radius 2 is 2.44 bits per heavy atom. The van der Waals surface area contributed by atoms with Crippen molar-refractivity contribution in [1.29, 1.82) is 0 Å². The Bertz CT molecular complexity index is 320. The van der Waals surface area contributed by atoms with E-state index in [0.717, 1.165) is 30.9 Å². The summed E-state index contributed by atoms with van der Waals surface area (Å²) in [5.74, 6) is 2.66. The van der Waals surface area contributed by atoms with E-state index in [9.17, 15) is 0 Å². The van der Waals surface area contributed by atoms with Gasteiger partial charge >= 0.3 is 0 Å². The van der Waals surface area contributed by atoms with Gasteiger partial charge in [0.1, 0.15) is 0 Å². The van der Waals surface area contributed by atoms with Crippen LogP contribution < -0.4 is 5.32 Å². The molecule has 0 radical (unpaired) electrons. The van der Waals surface area contributed by atoms with Gasteiger partial charge in [-0.2, -0.15) is 0 Å². The third kappa shape index (κ3) is 2.98. The molecule has 2 rings (SSSR count). The molecule has 1 heterocycles. The molecule has 1 saturated carbocycles. The second kappa shape index (κ2) is 5.34. The lowest BCUT2D eigenvalue weighted by Crippen LogP contribution is -2.15. The van der Waals surface area contributed by atoms with Crippen LogP contribution in [0.3, 0.4) is 0 Å². The molecular weight excluding hydrogens is 202 g/mol. The number of ether oxygens (including phenoxy) is 1. The Morgan fingerprint density at radius 3 is 3.12 bits per heavy atom. The largest absolute Gasteiger partial charge is 0.383 e. The van der Waals surface area contributed by atoms with Gasteiger partial charge in [0.2, 0.25) is 5.95 Å². The minimum atomic E-state index is 0.713. The Morgan fingerprint density at radius 1 is 1.62 bits per heavy atom. The van der Waals surface area contributed by atoms with Gasteiger partial charge in [-0.05, 0) is 24.7 Å². The molecule has 0 amide bonds. The van der Waals surface area contributed by atoms with Crippen LogP contribution in [-0.4, -0.2) is 29.8 Å². The van der Waals surface area contributed by atoms with Crippen molar-refractivity contribution in [2.45, 2.75) is 26.3 Å². The lowest BCUT2D eigenvalue weighted by molar-refractivity contribution is 0.210. The van der Waals surface area contributed by atoms with E-state index in [1.165, 1.54) is 12.8 Å². The van der Waals surface area contributed by atoms with Gasteiger partial charge in [0.25, 0.3) is 0 Å². The molecule has 1 N–H and O–H groups in total. The van der Waals surface area contributed by atoms with Crippen LogP contribution in [0.2, 0.25) is 0 Å². The smallest absolute Gasteiger partial charge is 0.202 e. The molecular formula is C12H21N3O. The molecule has 0 saturated heterocycles. The molecule has 1 aromatic rings. The van der Waals surface area contributed by atoms with Crippen molar-refractivity contribution in [3.8, 4) is 0 Å². The number of nitrogens with one attached hydrogen (secondary N) is 1. The zero-order valence-electron chi connectivity index (χ0n) is 10.1. The molecule has 1 atom stereocenters. The van der Waals surface area contributed by atoms with E-state index >= 15 is 0 Å². The topological polar surface area (TPSA) is 39.1 Å². The molecule has 0 spiro atoms. The summed E-state index contributed by atoms with van der Waals surface area (Å²) < 4.78 is 7.22. The summed E-state index contributed by atoms with van der Waals surface area (Å²) in [4.78, 5) is 4.32. The van der Waals surface area contributed by atoms with Gasteiger partial charge in [-0.25, -0.2) is 4.98 Å². The van der Waals surface area contributed by atoms with Crippen molar-refractivity contribution >= 4 is 5.95 Å². The van der Waals surface area contributed by atoms with Crippen LogP contribution in [-0.2, 0) is 11.3 Å². The van der Waals surface area contributed by atoms with Crippen LogP contribution in [0.1, 0.15) is 19.8 Å².